The largest absolute Gasteiger partial charge is 0.481 e. The number of carbonyl (C=O) groups excluding carboxylic acids is 2. The number of hydrogen-bond acceptors (Lipinski definition) is 4. The molecule has 3 fully saturated rings. The van der Waals surface area contributed by atoms with E-state index >= 15 is 0 Å². The maximum atomic E-state index is 12.8. The highest BCUT2D eigenvalue weighted by molar-refractivity contribution is 5.99. The monoisotopic (exact) mass is 372 g/mol. The number of carboxylic acids is 1. The molecule has 1 aromatic rings. The smallest absolute Gasteiger partial charge is 0.318 e. The van der Waals surface area contributed by atoms with Crippen LogP contribution in [0.1, 0.15) is 32.1 Å². The number of anilines is 1. The van der Waals surface area contributed by atoms with Gasteiger partial charge in [-0.05, 0) is 43.7 Å². The molecule has 3 atom stereocenters. The summed E-state index contributed by atoms with van der Waals surface area (Å²) < 4.78 is 0. The van der Waals surface area contributed by atoms with E-state index in [0.29, 0.717) is 25.9 Å². The quantitative estimate of drug-likeness (QED) is 0.836. The summed E-state index contributed by atoms with van der Waals surface area (Å²) in [6.07, 6.45) is 7.02. The lowest BCUT2D eigenvalue weighted by atomic mass is 9.81. The van der Waals surface area contributed by atoms with Crippen molar-refractivity contribution in [1.29, 1.82) is 0 Å². The fourth-order valence-corrected chi connectivity index (χ4v) is 4.81. The molecule has 1 aliphatic carbocycles. The number of aliphatic carboxylic acids is 1. The van der Waals surface area contributed by atoms with Gasteiger partial charge in [0.1, 0.15) is 6.04 Å². The zero-order valence-electron chi connectivity index (χ0n) is 15.1. The lowest BCUT2D eigenvalue weighted by molar-refractivity contribution is -0.149. The van der Waals surface area contributed by atoms with Crippen LogP contribution in [0.25, 0.3) is 0 Å². The average Bonchev–Trinajstić information content (AvgIpc) is 3.23. The highest BCUT2D eigenvalue weighted by Crippen LogP contribution is 2.48. The number of nitrogens with one attached hydrogen (secondary N) is 1. The number of aromatic nitrogens is 1. The lowest BCUT2D eigenvalue weighted by Gasteiger charge is -2.33. The topological polar surface area (TPSA) is 103 Å². The Bertz CT molecular complexity index is 755. The van der Waals surface area contributed by atoms with Crippen LogP contribution in [0.5, 0.6) is 0 Å². The Balaban J connectivity index is 1.43. The molecule has 2 N–H and O–H groups in total. The molecule has 0 radical (unpaired) electrons. The van der Waals surface area contributed by atoms with Crippen molar-refractivity contribution in [3.05, 3.63) is 24.5 Å². The lowest BCUT2D eigenvalue weighted by Crippen LogP contribution is -2.55. The molecule has 0 aromatic carbocycles. The zero-order chi connectivity index (χ0) is 19.0. The highest BCUT2D eigenvalue weighted by Gasteiger charge is 2.56. The number of likely N-dealkylation sites (tertiary alicyclic amines) is 1. The molecule has 8 nitrogen and oxygen atoms in total. The van der Waals surface area contributed by atoms with Crippen LogP contribution in [0.4, 0.5) is 10.5 Å². The molecule has 3 heterocycles. The van der Waals surface area contributed by atoms with Gasteiger partial charge in [0.15, 0.2) is 0 Å². The van der Waals surface area contributed by atoms with E-state index in [1.54, 1.807) is 28.3 Å². The summed E-state index contributed by atoms with van der Waals surface area (Å²) in [4.78, 5) is 44.6. The summed E-state index contributed by atoms with van der Waals surface area (Å²) in [6.45, 7) is 1.28. The maximum Gasteiger partial charge on any atom is 0.318 e. The predicted octanol–water partition coefficient (Wildman–Crippen LogP) is 1.47. The normalized spacial score (nSPS) is 30.3. The number of carbonyl (C=O) groups is 3. The number of pyridine rings is 1. The molecule has 2 saturated heterocycles. The van der Waals surface area contributed by atoms with Crippen molar-refractivity contribution in [3.8, 4) is 0 Å². The third-order valence-corrected chi connectivity index (χ3v) is 6.28. The molecule has 2 aliphatic heterocycles. The molecule has 3 amide bonds. The number of nitrogens with zero attached hydrogens (tertiary/aromatic N) is 3. The first-order valence-corrected chi connectivity index (χ1v) is 9.51. The molecular weight excluding hydrogens is 348 g/mol. The molecule has 1 saturated carbocycles. The number of piperidine rings is 1. The molecule has 144 valence electrons. The van der Waals surface area contributed by atoms with Gasteiger partial charge >= 0.3 is 12.0 Å². The molecule has 1 unspecified atom stereocenters. The summed E-state index contributed by atoms with van der Waals surface area (Å²) in [5.41, 5.74) is -0.0858. The van der Waals surface area contributed by atoms with E-state index in [-0.39, 0.29) is 24.4 Å². The summed E-state index contributed by atoms with van der Waals surface area (Å²) in [5, 5.41) is 12.5. The Morgan fingerprint density at radius 3 is 2.85 bits per heavy atom. The fourth-order valence-electron chi connectivity index (χ4n) is 4.81. The van der Waals surface area contributed by atoms with E-state index in [1.807, 2.05) is 6.07 Å². The van der Waals surface area contributed by atoms with Gasteiger partial charge in [-0.15, -0.1) is 0 Å². The predicted molar refractivity (Wildman–Crippen MR) is 97.1 cm³/mol. The first-order valence-electron chi connectivity index (χ1n) is 9.51. The van der Waals surface area contributed by atoms with Gasteiger partial charge in [0, 0.05) is 25.8 Å². The van der Waals surface area contributed by atoms with Gasteiger partial charge in [0.05, 0.1) is 17.3 Å². The maximum absolute atomic E-state index is 12.8. The standard InChI is InChI=1S/C19H24N4O4/c24-16-15(6-3-9-23(16)14-5-2-8-20-10-14)21-18(27)22-11-13-4-1-7-19(13,12-22)17(25)26/h2,5,8,10,13,15H,1,3-4,6-7,9,11-12H2,(H,21,27)(H,25,26)/t13-,15?,19+/m0/s1. The number of rotatable bonds is 3. The van der Waals surface area contributed by atoms with Gasteiger partial charge in [-0.1, -0.05) is 6.42 Å². The number of hydrogen-bond donors (Lipinski definition) is 2. The number of amides is 3. The first-order chi connectivity index (χ1) is 13.0. The van der Waals surface area contributed by atoms with Gasteiger partial charge in [-0.25, -0.2) is 4.79 Å². The second-order valence-corrected chi connectivity index (χ2v) is 7.78. The van der Waals surface area contributed by atoms with Gasteiger partial charge in [-0.3, -0.25) is 14.6 Å². The summed E-state index contributed by atoms with van der Waals surface area (Å²) in [7, 11) is 0. The van der Waals surface area contributed by atoms with Crippen LogP contribution in [0.2, 0.25) is 0 Å². The Labute approximate surface area is 157 Å². The minimum atomic E-state index is -0.810. The first kappa shape index (κ1) is 17.8. The van der Waals surface area contributed by atoms with Gasteiger partial charge < -0.3 is 20.2 Å². The second-order valence-electron chi connectivity index (χ2n) is 7.78. The van der Waals surface area contributed by atoms with Crippen LogP contribution < -0.4 is 10.2 Å². The van der Waals surface area contributed by atoms with Crippen molar-refractivity contribution in [1.82, 2.24) is 15.2 Å². The van der Waals surface area contributed by atoms with E-state index < -0.39 is 17.4 Å². The van der Waals surface area contributed by atoms with Crippen LogP contribution in [0.3, 0.4) is 0 Å². The van der Waals surface area contributed by atoms with Crippen LogP contribution in [0, 0.1) is 11.3 Å². The van der Waals surface area contributed by atoms with Gasteiger partial charge in [-0.2, -0.15) is 0 Å². The molecule has 8 heteroatoms. The molecule has 1 aromatic heterocycles. The van der Waals surface area contributed by atoms with Crippen molar-refractivity contribution in [2.24, 2.45) is 11.3 Å². The highest BCUT2D eigenvalue weighted by atomic mass is 16.4. The number of urea groups is 1. The number of carboxylic acid groups (broad SMARTS) is 1. The van der Waals surface area contributed by atoms with Gasteiger partial charge in [0.25, 0.3) is 0 Å². The summed E-state index contributed by atoms with van der Waals surface area (Å²) in [6, 6.07) is 2.68. The minimum Gasteiger partial charge on any atom is -0.481 e. The van der Waals surface area contributed by atoms with E-state index in [4.69, 9.17) is 0 Å². The fraction of sp³-hybridized carbons (Fsp3) is 0.579. The third kappa shape index (κ3) is 3.02. The van der Waals surface area contributed by atoms with Crippen molar-refractivity contribution < 1.29 is 19.5 Å². The zero-order valence-corrected chi connectivity index (χ0v) is 15.1. The second kappa shape index (κ2) is 6.83. The number of fused-ring (bicyclic) bond motifs is 1. The Hall–Kier alpha value is -2.64. The Morgan fingerprint density at radius 1 is 1.30 bits per heavy atom. The molecule has 3 aliphatic rings. The summed E-state index contributed by atoms with van der Waals surface area (Å²) in [5.74, 6) is -0.943. The SMILES string of the molecule is O=C(NC1CCCN(c2cccnc2)C1=O)N1C[C@@H]2CCC[C@@]2(C(=O)O)C1. The Morgan fingerprint density at radius 2 is 2.15 bits per heavy atom. The molecule has 27 heavy (non-hydrogen) atoms. The molecular formula is C19H24N4O4. The van der Waals surface area contributed by atoms with Crippen LogP contribution >= 0.6 is 0 Å². The van der Waals surface area contributed by atoms with Gasteiger partial charge in [0.2, 0.25) is 5.91 Å². The van der Waals surface area contributed by atoms with E-state index in [9.17, 15) is 19.5 Å². The average molecular weight is 372 g/mol. The molecule has 4 rings (SSSR count). The van der Waals surface area contributed by atoms with Crippen LogP contribution in [-0.4, -0.2) is 58.6 Å². The Kier molecular flexibility index (Phi) is 4.49. The summed E-state index contributed by atoms with van der Waals surface area (Å²) >= 11 is 0. The van der Waals surface area contributed by atoms with E-state index in [1.165, 1.54) is 0 Å². The van der Waals surface area contributed by atoms with Crippen molar-refractivity contribution in [2.75, 3.05) is 24.5 Å². The van der Waals surface area contributed by atoms with Crippen LogP contribution in [-0.2, 0) is 9.59 Å². The molecule has 0 spiro atoms. The van der Waals surface area contributed by atoms with Crippen molar-refractivity contribution in [2.45, 2.75) is 38.1 Å². The third-order valence-electron chi connectivity index (χ3n) is 6.28. The van der Waals surface area contributed by atoms with Crippen LogP contribution in [0.15, 0.2) is 24.5 Å². The van der Waals surface area contributed by atoms with Crippen molar-refractivity contribution >= 4 is 23.6 Å². The van der Waals surface area contributed by atoms with Crippen molar-refractivity contribution in [3.63, 3.8) is 0 Å². The minimum absolute atomic E-state index is 0.00898. The molecule has 0 bridgehead atoms. The van der Waals surface area contributed by atoms with E-state index in [2.05, 4.69) is 10.3 Å². The van der Waals surface area contributed by atoms with E-state index in [0.717, 1.165) is 24.9 Å².